The molecule has 0 bridgehead atoms. The van der Waals surface area contributed by atoms with E-state index in [0.717, 1.165) is 12.3 Å². The number of hydrogen-bond donors (Lipinski definition) is 3. The number of rotatable bonds is 13. The van der Waals surface area contributed by atoms with Crippen LogP contribution in [0.5, 0.6) is 0 Å². The van der Waals surface area contributed by atoms with Crippen LogP contribution in [0.1, 0.15) is 71.6 Å². The predicted molar refractivity (Wildman–Crippen MR) is 85.3 cm³/mol. The van der Waals surface area contributed by atoms with Crippen molar-refractivity contribution in [2.24, 2.45) is 5.92 Å². The Morgan fingerprint density at radius 2 is 1.50 bits per heavy atom. The first-order valence-electron chi connectivity index (χ1n) is 8.36. The van der Waals surface area contributed by atoms with Gasteiger partial charge < -0.3 is 15.9 Å². The second kappa shape index (κ2) is 13.6. The van der Waals surface area contributed by atoms with E-state index >= 15 is 0 Å². The van der Waals surface area contributed by atoms with Crippen LogP contribution in [0.3, 0.4) is 0 Å². The van der Waals surface area contributed by atoms with Crippen molar-refractivity contribution in [2.45, 2.75) is 83.8 Å². The summed E-state index contributed by atoms with van der Waals surface area (Å²) in [4.78, 5) is 0. The average Bonchev–Trinajstić information content (AvgIpc) is 2.43. The lowest BCUT2D eigenvalue weighted by Crippen LogP contribution is -2.67. The predicted octanol–water partition coefficient (Wildman–Crippen LogP) is 2.67. The lowest BCUT2D eigenvalue weighted by molar-refractivity contribution is -0.438. The summed E-state index contributed by atoms with van der Waals surface area (Å²) in [7, 11) is 0. The Labute approximate surface area is 125 Å². The summed E-state index contributed by atoms with van der Waals surface area (Å²) < 4.78 is 0. The van der Waals surface area contributed by atoms with Gasteiger partial charge in [0.15, 0.2) is 0 Å². The zero-order valence-corrected chi connectivity index (χ0v) is 13.6. The van der Waals surface area contributed by atoms with Gasteiger partial charge in [-0.2, -0.15) is 0 Å². The fraction of sp³-hybridized carbons (Fsp3) is 0.882. The smallest absolute Gasteiger partial charge is 0.138 e. The van der Waals surface area contributed by atoms with E-state index in [2.05, 4.69) is 19.6 Å². The van der Waals surface area contributed by atoms with Gasteiger partial charge in [0, 0.05) is 0 Å². The van der Waals surface area contributed by atoms with Crippen LogP contribution < -0.4 is 5.73 Å². The molecule has 3 nitrogen and oxygen atoms in total. The highest BCUT2D eigenvalue weighted by atomic mass is 16.3. The highest BCUT2D eigenvalue weighted by Crippen LogP contribution is 2.12. The van der Waals surface area contributed by atoms with Gasteiger partial charge in [0.05, 0.1) is 6.61 Å². The van der Waals surface area contributed by atoms with Gasteiger partial charge in [0.1, 0.15) is 12.1 Å². The Morgan fingerprint density at radius 1 is 0.950 bits per heavy atom. The van der Waals surface area contributed by atoms with Crippen LogP contribution in [-0.4, -0.2) is 29.0 Å². The van der Waals surface area contributed by atoms with Crippen LogP contribution in [0.2, 0.25) is 0 Å². The van der Waals surface area contributed by atoms with Crippen molar-refractivity contribution in [1.29, 1.82) is 0 Å². The third-order valence-electron chi connectivity index (χ3n) is 3.70. The van der Waals surface area contributed by atoms with Crippen molar-refractivity contribution < 1.29 is 15.9 Å². The van der Waals surface area contributed by atoms with E-state index in [0.29, 0.717) is 0 Å². The molecule has 0 aromatic heterocycles. The Balaban J connectivity index is 3.26. The second-order valence-electron chi connectivity index (χ2n) is 6.31. The minimum Gasteiger partial charge on any atom is -0.390 e. The van der Waals surface area contributed by atoms with Crippen LogP contribution in [-0.2, 0) is 0 Å². The van der Waals surface area contributed by atoms with E-state index in [1.807, 2.05) is 6.08 Å². The van der Waals surface area contributed by atoms with Gasteiger partial charge in [-0.25, -0.2) is 0 Å². The van der Waals surface area contributed by atoms with Gasteiger partial charge in [0.2, 0.25) is 0 Å². The first-order chi connectivity index (χ1) is 9.57. The Morgan fingerprint density at radius 3 is 2.05 bits per heavy atom. The van der Waals surface area contributed by atoms with E-state index < -0.39 is 6.10 Å². The molecule has 120 valence electrons. The lowest BCUT2D eigenvalue weighted by Gasteiger charge is -2.08. The Kier molecular flexibility index (Phi) is 13.3. The third kappa shape index (κ3) is 12.6. The largest absolute Gasteiger partial charge is 0.390 e. The fourth-order valence-corrected chi connectivity index (χ4v) is 2.20. The molecule has 0 aliphatic heterocycles. The molecule has 0 fully saturated rings. The van der Waals surface area contributed by atoms with Crippen molar-refractivity contribution in [3.05, 3.63) is 12.2 Å². The monoisotopic (exact) mass is 286 g/mol. The molecule has 0 unspecified atom stereocenters. The normalized spacial score (nSPS) is 15.1. The number of hydrogen-bond acceptors (Lipinski definition) is 2. The quantitative estimate of drug-likeness (QED) is 0.360. The molecule has 0 radical (unpaired) electrons. The Bertz CT molecular complexity index is 229. The standard InChI is InChI=1S/C17H35NO2/c1-15(2)12-10-8-6-4-3-5-7-9-11-13-17(20)16(18)14-19/h11,13,15-17,19-20H,3-10,12,14,18H2,1-2H3/p+1/b13-11+/t16-,17+/m0/s1. The molecule has 20 heavy (non-hydrogen) atoms. The minimum absolute atomic E-state index is 0.0671. The van der Waals surface area contributed by atoms with Gasteiger partial charge in [0.25, 0.3) is 0 Å². The van der Waals surface area contributed by atoms with E-state index in [1.165, 1.54) is 51.4 Å². The molecule has 2 atom stereocenters. The molecule has 0 saturated heterocycles. The zero-order chi connectivity index (χ0) is 15.2. The molecule has 0 rings (SSSR count). The highest BCUT2D eigenvalue weighted by Gasteiger charge is 2.12. The zero-order valence-electron chi connectivity index (χ0n) is 13.6. The van der Waals surface area contributed by atoms with Crippen LogP contribution in [0, 0.1) is 5.92 Å². The van der Waals surface area contributed by atoms with Crippen LogP contribution in [0.4, 0.5) is 0 Å². The van der Waals surface area contributed by atoms with Crippen molar-refractivity contribution in [3.8, 4) is 0 Å². The van der Waals surface area contributed by atoms with Crippen molar-refractivity contribution in [3.63, 3.8) is 0 Å². The summed E-state index contributed by atoms with van der Waals surface area (Å²) in [5, 5.41) is 18.4. The fourth-order valence-electron chi connectivity index (χ4n) is 2.20. The number of unbranched alkanes of at least 4 members (excludes halogenated alkanes) is 7. The molecule has 0 spiro atoms. The first-order valence-corrected chi connectivity index (χ1v) is 8.36. The molecule has 0 saturated carbocycles. The minimum atomic E-state index is -0.610. The van der Waals surface area contributed by atoms with E-state index in [1.54, 1.807) is 6.08 Å². The maximum Gasteiger partial charge on any atom is 0.138 e. The van der Waals surface area contributed by atoms with Crippen molar-refractivity contribution in [2.75, 3.05) is 6.61 Å². The maximum absolute atomic E-state index is 9.57. The molecule has 3 heteroatoms. The summed E-state index contributed by atoms with van der Waals surface area (Å²) in [6, 6.07) is -0.308. The van der Waals surface area contributed by atoms with Gasteiger partial charge in [-0.1, -0.05) is 70.9 Å². The van der Waals surface area contributed by atoms with Crippen molar-refractivity contribution in [1.82, 2.24) is 0 Å². The first kappa shape index (κ1) is 19.6. The molecule has 0 amide bonds. The molecule has 5 N–H and O–H groups in total. The maximum atomic E-state index is 9.57. The molecule has 0 heterocycles. The van der Waals surface area contributed by atoms with E-state index in [4.69, 9.17) is 5.11 Å². The summed E-state index contributed by atoms with van der Waals surface area (Å²) in [6.45, 7) is 4.52. The molecular weight excluding hydrogens is 250 g/mol. The molecule has 0 aromatic carbocycles. The summed E-state index contributed by atoms with van der Waals surface area (Å²) in [5.41, 5.74) is 3.68. The van der Waals surface area contributed by atoms with Crippen LogP contribution >= 0.6 is 0 Å². The van der Waals surface area contributed by atoms with Gasteiger partial charge in [-0.05, 0) is 18.8 Å². The Hall–Kier alpha value is -0.380. The summed E-state index contributed by atoms with van der Waals surface area (Å²) in [5.74, 6) is 0.848. The molecule has 0 aliphatic rings. The second-order valence-corrected chi connectivity index (χ2v) is 6.31. The molecule has 0 aromatic rings. The van der Waals surface area contributed by atoms with E-state index in [9.17, 15) is 5.11 Å². The number of allylic oxidation sites excluding steroid dienone is 1. The van der Waals surface area contributed by atoms with Gasteiger partial charge in [-0.15, -0.1) is 0 Å². The number of aliphatic hydroxyl groups excluding tert-OH is 2. The highest BCUT2D eigenvalue weighted by molar-refractivity contribution is 4.91. The van der Waals surface area contributed by atoms with Crippen molar-refractivity contribution >= 4 is 0 Å². The summed E-state index contributed by atoms with van der Waals surface area (Å²) >= 11 is 0. The molecule has 0 aliphatic carbocycles. The molecular formula is C17H36NO2+. The lowest BCUT2D eigenvalue weighted by atomic mass is 10.0. The van der Waals surface area contributed by atoms with Gasteiger partial charge >= 0.3 is 0 Å². The number of aliphatic hydroxyl groups is 2. The third-order valence-corrected chi connectivity index (χ3v) is 3.70. The summed E-state index contributed by atoms with van der Waals surface area (Å²) in [6.07, 6.45) is 14.8. The van der Waals surface area contributed by atoms with E-state index in [-0.39, 0.29) is 12.6 Å². The van der Waals surface area contributed by atoms with Gasteiger partial charge in [-0.3, -0.25) is 0 Å². The average molecular weight is 286 g/mol. The topological polar surface area (TPSA) is 68.1 Å². The number of quaternary nitrogens is 1. The SMILES string of the molecule is CC(C)CCCCCCCCC/C=C/[C@@H](O)[C@@H]([NH3+])CO. The van der Waals surface area contributed by atoms with Crippen LogP contribution in [0.15, 0.2) is 12.2 Å². The van der Waals surface area contributed by atoms with Crippen LogP contribution in [0.25, 0.3) is 0 Å².